The first-order valence-corrected chi connectivity index (χ1v) is 37.7. The second kappa shape index (κ2) is 25.5. The van der Waals surface area contributed by atoms with Gasteiger partial charge in [-0.3, -0.25) is 38.4 Å². The lowest BCUT2D eigenvalue weighted by Gasteiger charge is -2.58. The number of H-pyrrole nitrogens is 2. The Morgan fingerprint density at radius 1 is 0.394 bits per heavy atom. The van der Waals surface area contributed by atoms with Crippen LogP contribution in [0.1, 0.15) is 209 Å². The predicted molar refractivity (Wildman–Crippen MR) is 376 cm³/mol. The lowest BCUT2D eigenvalue weighted by molar-refractivity contribution is -0.193. The summed E-state index contributed by atoms with van der Waals surface area (Å²) in [7, 11) is 0. The summed E-state index contributed by atoms with van der Waals surface area (Å²) in [5, 5.41) is 0. The number of aromatic nitrogens is 4. The number of esters is 4. The zero-order valence-corrected chi connectivity index (χ0v) is 60.0. The average molecular weight is 1370 g/mol. The highest BCUT2D eigenvalue weighted by molar-refractivity contribution is 7.71. The van der Waals surface area contributed by atoms with Gasteiger partial charge < -0.3 is 34.6 Å². The number of ether oxygens (including phenoxy) is 4. The third-order valence-electron chi connectivity index (χ3n) is 28.9. The summed E-state index contributed by atoms with van der Waals surface area (Å²) in [4.78, 5) is 107. The zero-order valence-electron chi connectivity index (χ0n) is 59.2. The largest absolute Gasteiger partial charge is 0.459 e. The van der Waals surface area contributed by atoms with Crippen LogP contribution in [-0.2, 0) is 57.3 Å². The Morgan fingerprint density at radius 3 is 0.939 bits per heavy atom. The van der Waals surface area contributed by atoms with Crippen molar-refractivity contribution in [2.45, 2.75) is 232 Å². The zero-order chi connectivity index (χ0) is 70.0. The minimum atomic E-state index is -0.262. The van der Waals surface area contributed by atoms with Crippen molar-refractivity contribution in [1.29, 1.82) is 0 Å². The Morgan fingerprint density at radius 2 is 0.667 bits per heavy atom. The lowest BCUT2D eigenvalue weighted by atomic mass is 9.49. The summed E-state index contributed by atoms with van der Waals surface area (Å²) in [6, 6.07) is 0. The molecule has 4 saturated heterocycles. The number of nitrogens with two attached hydrogens (primary N) is 1. The first-order chi connectivity index (χ1) is 47.0. The van der Waals surface area contributed by atoms with Crippen LogP contribution in [0.25, 0.3) is 11.2 Å². The van der Waals surface area contributed by atoms with Crippen molar-refractivity contribution in [2.24, 2.45) is 92.7 Å². The average Bonchev–Trinajstić information content (AvgIpc) is 0.864. The number of imidazole rings is 1. The van der Waals surface area contributed by atoms with Crippen LogP contribution in [-0.4, -0.2) is 89.4 Å². The fourth-order valence-electron chi connectivity index (χ4n) is 23.7. The molecule has 16 aliphatic rings. The number of hydrogen-bond donors (Lipinski definition) is 3. The first kappa shape index (κ1) is 69.1. The lowest BCUT2D eigenvalue weighted by Crippen LogP contribution is -2.56. The number of carbonyl (C=O) groups excluding carboxylic acids is 8. The van der Waals surface area contributed by atoms with Gasteiger partial charge in [-0.1, -0.05) is 86.5 Å². The van der Waals surface area contributed by atoms with Crippen molar-refractivity contribution < 1.29 is 57.3 Å². The van der Waals surface area contributed by atoms with E-state index in [0.29, 0.717) is 113 Å². The molecule has 528 valence electrons. The van der Waals surface area contributed by atoms with Crippen LogP contribution in [0.15, 0.2) is 102 Å². The van der Waals surface area contributed by atoms with Crippen LogP contribution in [0.4, 0.5) is 5.95 Å². The minimum Gasteiger partial charge on any atom is -0.459 e. The van der Waals surface area contributed by atoms with Crippen LogP contribution in [0.2, 0.25) is 0 Å². The van der Waals surface area contributed by atoms with Crippen molar-refractivity contribution in [3.63, 3.8) is 0 Å². The second-order valence-corrected chi connectivity index (χ2v) is 34.3. The molecule has 0 radical (unpaired) electrons. The normalized spacial score (nSPS) is 42.9. The van der Waals surface area contributed by atoms with E-state index < -0.39 is 0 Å². The van der Waals surface area contributed by atoms with Gasteiger partial charge in [-0.15, -0.1) is 0 Å². The van der Waals surface area contributed by atoms with Gasteiger partial charge in [-0.05, 0) is 252 Å². The maximum atomic E-state index is 11.7. The molecule has 0 spiro atoms. The summed E-state index contributed by atoms with van der Waals surface area (Å²) in [6.07, 6.45) is 47.4. The van der Waals surface area contributed by atoms with Crippen LogP contribution in [0, 0.1) is 97.3 Å². The fraction of sp³-hybridized carbons (Fsp3) is 0.642. The van der Waals surface area contributed by atoms with Crippen molar-refractivity contribution in [2.75, 3.05) is 5.73 Å². The molecule has 0 bridgehead atoms. The highest BCUT2D eigenvalue weighted by Gasteiger charge is 2.62. The molecular formula is C81H101N5O12S. The van der Waals surface area contributed by atoms with E-state index in [1.54, 1.807) is 24.3 Å². The number of rotatable bonds is 0. The van der Waals surface area contributed by atoms with Crippen molar-refractivity contribution in [3.05, 3.63) is 106 Å². The molecule has 20 atom stereocenters. The summed E-state index contributed by atoms with van der Waals surface area (Å²) >= 11 is 4.91. The Kier molecular flexibility index (Phi) is 17.8. The number of anilines is 1. The van der Waals surface area contributed by atoms with Crippen molar-refractivity contribution in [3.8, 4) is 0 Å². The molecule has 99 heavy (non-hydrogen) atoms. The van der Waals surface area contributed by atoms with Gasteiger partial charge in [0.1, 0.15) is 27.9 Å². The molecule has 2 aromatic heterocycles. The van der Waals surface area contributed by atoms with Gasteiger partial charge in [0.05, 0.1) is 6.33 Å². The van der Waals surface area contributed by atoms with Gasteiger partial charge in [0, 0.05) is 71.0 Å². The SMILES string of the molecule is C[C@]12C=CC(=O)C=C1CC[C@@H]1[C@@H]2CC[C@]2(C)OC(=O)CC[C@@H]12.C[C@]12C=CC(=O)C=C1CC[C@@H]1[C@@H]2CC[C@]2(C)OC(=O)CC[C@@H]12.C[C@]12C=CC(=O)C=C1CC[C@@H]1[C@@H]2CC[C@]2(C)OC(=O)CC[C@@H]12.C[C@]12C=CC(=O)C=C1CC[C@@H]1[C@@H]2CC[C@]2(C)OC(=O)CC[C@@H]12.Nc1nc(=S)c2[nH]cnc2[nH]1. The fourth-order valence-corrected chi connectivity index (χ4v) is 24.0. The maximum Gasteiger partial charge on any atom is 0.306 e. The molecule has 2 aromatic rings. The van der Waals surface area contributed by atoms with E-state index in [2.05, 4.69) is 99.6 Å². The van der Waals surface area contributed by atoms with Gasteiger partial charge in [-0.2, -0.15) is 0 Å². The molecule has 4 aliphatic heterocycles. The van der Waals surface area contributed by atoms with Crippen LogP contribution >= 0.6 is 12.2 Å². The Hall–Kier alpha value is -6.95. The molecule has 18 rings (SSSR count). The number of carbonyl (C=O) groups is 8. The monoisotopic (exact) mass is 1370 g/mol. The van der Waals surface area contributed by atoms with E-state index in [9.17, 15) is 38.4 Å². The van der Waals surface area contributed by atoms with E-state index in [1.807, 2.05) is 24.3 Å². The van der Waals surface area contributed by atoms with Gasteiger partial charge in [0.15, 0.2) is 33.4 Å². The molecule has 12 fully saturated rings. The number of aromatic amines is 2. The van der Waals surface area contributed by atoms with E-state index in [0.717, 1.165) is 128 Å². The summed E-state index contributed by atoms with van der Waals surface area (Å²) in [5.74, 6) is 7.37. The standard InChI is InChI=1S/4C19H24O3.C5H5N5S/c4*1-18-9-7-13(20)11-12(18)3-4-14-15(18)8-10-19(2)16(14)5-6-17(21)22-19;6-5-9-3-2(4(11)10-5)7-1-8-3/h4*7,9,11,14-16H,3-6,8,10H2,1-2H3;1H,(H4,6,7,8,9,10,11)/t4*14-,15+,16+,18+,19+;/m1111./s1. The van der Waals surface area contributed by atoms with Crippen molar-refractivity contribution >= 4 is 76.3 Å². The third kappa shape index (κ3) is 12.2. The molecule has 8 saturated carbocycles. The molecule has 6 heterocycles. The Bertz CT molecular complexity index is 3630. The molecule has 4 N–H and O–H groups in total. The third-order valence-corrected chi connectivity index (χ3v) is 29.2. The number of nitrogens with one attached hydrogen (secondary N) is 2. The number of hydrogen-bond acceptors (Lipinski definition) is 16. The van der Waals surface area contributed by atoms with Gasteiger partial charge in [0.2, 0.25) is 5.95 Å². The van der Waals surface area contributed by atoms with Crippen LogP contribution in [0.5, 0.6) is 0 Å². The van der Waals surface area contributed by atoms with Gasteiger partial charge in [-0.25, -0.2) is 9.97 Å². The quantitative estimate of drug-likeness (QED) is 0.126. The van der Waals surface area contributed by atoms with Crippen molar-refractivity contribution in [1.82, 2.24) is 19.9 Å². The van der Waals surface area contributed by atoms with Crippen LogP contribution in [0.3, 0.4) is 0 Å². The molecule has 18 heteroatoms. The highest BCUT2D eigenvalue weighted by atomic mass is 32.1. The number of allylic oxidation sites excluding steroid dienone is 16. The summed E-state index contributed by atoms with van der Waals surface area (Å²) < 4.78 is 23.6. The summed E-state index contributed by atoms with van der Waals surface area (Å²) in [5.41, 5.74) is 11.1. The van der Waals surface area contributed by atoms with Gasteiger partial charge in [0.25, 0.3) is 0 Å². The molecule has 17 nitrogen and oxygen atoms in total. The molecule has 12 aliphatic carbocycles. The second-order valence-electron chi connectivity index (χ2n) is 33.9. The molecule has 0 amide bonds. The number of fused-ring (bicyclic) bond motifs is 21. The Balaban J connectivity index is 0.000000107. The predicted octanol–water partition coefficient (Wildman–Crippen LogP) is 15.0. The van der Waals surface area contributed by atoms with E-state index in [1.165, 1.54) is 28.6 Å². The van der Waals surface area contributed by atoms with E-state index >= 15 is 0 Å². The number of nitrogen functional groups attached to an aromatic ring is 1. The maximum absolute atomic E-state index is 11.7. The molecular weight excluding hydrogens is 1270 g/mol. The minimum absolute atomic E-state index is 0.0250. The highest BCUT2D eigenvalue weighted by Crippen LogP contribution is 2.65. The van der Waals surface area contributed by atoms with E-state index in [4.69, 9.17) is 36.9 Å². The number of nitrogens with zero attached hydrogens (tertiary/aromatic N) is 2. The number of ketones is 4. The topological polar surface area (TPSA) is 257 Å². The first-order valence-electron chi connectivity index (χ1n) is 37.3. The smallest absolute Gasteiger partial charge is 0.306 e. The summed E-state index contributed by atoms with van der Waals surface area (Å²) in [6.45, 7) is 17.8. The van der Waals surface area contributed by atoms with E-state index in [-0.39, 0.29) is 97.0 Å². The molecule has 0 aromatic carbocycles. The van der Waals surface area contributed by atoms with Gasteiger partial charge >= 0.3 is 23.9 Å². The molecule has 0 unspecified atom stereocenters. The van der Waals surface area contributed by atoms with Crippen LogP contribution < -0.4 is 5.73 Å². The Labute approximate surface area is 587 Å².